The molecular weight excluding hydrogens is 202 g/mol. The van der Waals surface area contributed by atoms with Crippen LogP contribution in [0.15, 0.2) is 24.4 Å². The molecule has 0 fully saturated rings. The van der Waals surface area contributed by atoms with Crippen LogP contribution < -0.4 is 0 Å². The molecule has 0 spiro atoms. The van der Waals surface area contributed by atoms with Crippen LogP contribution in [0.2, 0.25) is 0 Å². The average Bonchev–Trinajstić information content (AvgIpc) is 2.63. The Morgan fingerprint density at radius 3 is 2.62 bits per heavy atom. The number of hydrogen-bond acceptors (Lipinski definition) is 3. The van der Waals surface area contributed by atoms with E-state index in [2.05, 4.69) is 10.3 Å². The van der Waals surface area contributed by atoms with E-state index in [1.54, 1.807) is 7.05 Å². The number of nitrogens with zero attached hydrogens (tertiary/aromatic N) is 3. The van der Waals surface area contributed by atoms with E-state index in [0.717, 1.165) is 11.1 Å². The molecule has 0 radical (unpaired) electrons. The molecule has 2 rings (SSSR count). The molecule has 16 heavy (non-hydrogen) atoms. The number of carbonyl (C=O) groups is 1. The van der Waals surface area contributed by atoms with Gasteiger partial charge in [0.25, 0.3) is 0 Å². The Hall–Kier alpha value is -1.97. The second kappa shape index (κ2) is 3.89. The molecule has 0 saturated heterocycles. The first-order valence-corrected chi connectivity index (χ1v) is 5.06. The van der Waals surface area contributed by atoms with Gasteiger partial charge in [0.1, 0.15) is 5.69 Å². The largest absolute Gasteiger partial charge is 0.287 e. The number of rotatable bonds is 2. The summed E-state index contributed by atoms with van der Waals surface area (Å²) in [5, 5.41) is 7.46. The van der Waals surface area contributed by atoms with Gasteiger partial charge in [0, 0.05) is 12.6 Å². The lowest BCUT2D eigenvalue weighted by atomic mass is 10.0. The van der Waals surface area contributed by atoms with Crippen LogP contribution in [0.5, 0.6) is 0 Å². The van der Waals surface area contributed by atoms with E-state index in [0.29, 0.717) is 11.3 Å². The summed E-state index contributed by atoms with van der Waals surface area (Å²) < 4.78 is 1.49. The average molecular weight is 215 g/mol. The van der Waals surface area contributed by atoms with Gasteiger partial charge in [-0.15, -0.1) is 5.10 Å². The number of benzene rings is 1. The highest BCUT2D eigenvalue weighted by atomic mass is 16.1. The van der Waals surface area contributed by atoms with Crippen molar-refractivity contribution in [3.05, 3.63) is 46.8 Å². The first kappa shape index (κ1) is 10.5. The van der Waals surface area contributed by atoms with E-state index in [9.17, 15) is 4.79 Å². The van der Waals surface area contributed by atoms with E-state index in [-0.39, 0.29) is 5.78 Å². The standard InChI is InChI=1S/C12H13N3O/c1-8-4-5-10(9(2)6-8)12(16)11-7-13-14-15(11)3/h4-7H,1-3H3. The van der Waals surface area contributed by atoms with Gasteiger partial charge in [-0.2, -0.15) is 0 Å². The van der Waals surface area contributed by atoms with Crippen LogP contribution >= 0.6 is 0 Å². The zero-order chi connectivity index (χ0) is 11.7. The number of aromatic nitrogens is 3. The fraction of sp³-hybridized carbons (Fsp3) is 0.250. The van der Waals surface area contributed by atoms with Gasteiger partial charge in [-0.1, -0.05) is 29.0 Å². The van der Waals surface area contributed by atoms with Gasteiger partial charge in [-0.25, -0.2) is 4.68 Å². The monoisotopic (exact) mass is 215 g/mol. The van der Waals surface area contributed by atoms with E-state index in [1.165, 1.54) is 10.9 Å². The van der Waals surface area contributed by atoms with Gasteiger partial charge in [0.2, 0.25) is 5.78 Å². The third-order valence-corrected chi connectivity index (χ3v) is 2.57. The van der Waals surface area contributed by atoms with Crippen molar-refractivity contribution in [2.75, 3.05) is 0 Å². The molecule has 0 N–H and O–H groups in total. The lowest BCUT2D eigenvalue weighted by molar-refractivity contribution is 0.102. The molecule has 1 aromatic carbocycles. The Balaban J connectivity index is 2.46. The van der Waals surface area contributed by atoms with Crippen molar-refractivity contribution in [2.45, 2.75) is 13.8 Å². The molecule has 0 aliphatic carbocycles. The summed E-state index contributed by atoms with van der Waals surface area (Å²) in [5.74, 6) is -0.0370. The minimum absolute atomic E-state index is 0.0370. The third-order valence-electron chi connectivity index (χ3n) is 2.57. The SMILES string of the molecule is Cc1ccc(C(=O)c2cnnn2C)c(C)c1. The Kier molecular flexibility index (Phi) is 2.56. The molecule has 1 heterocycles. The highest BCUT2D eigenvalue weighted by Crippen LogP contribution is 2.14. The van der Waals surface area contributed by atoms with Crippen LogP contribution in [0.3, 0.4) is 0 Å². The van der Waals surface area contributed by atoms with Gasteiger partial charge in [0.05, 0.1) is 6.20 Å². The van der Waals surface area contributed by atoms with Crippen LogP contribution in [-0.2, 0) is 7.05 Å². The lowest BCUT2D eigenvalue weighted by Crippen LogP contribution is -2.09. The van der Waals surface area contributed by atoms with Crippen molar-refractivity contribution in [3.63, 3.8) is 0 Å². The highest BCUT2D eigenvalue weighted by molar-refractivity contribution is 6.08. The fourth-order valence-electron chi connectivity index (χ4n) is 1.70. The van der Waals surface area contributed by atoms with E-state index >= 15 is 0 Å². The van der Waals surface area contributed by atoms with Crippen molar-refractivity contribution in [1.82, 2.24) is 15.0 Å². The molecule has 82 valence electrons. The molecule has 0 aliphatic heterocycles. The quantitative estimate of drug-likeness (QED) is 0.716. The smallest absolute Gasteiger partial charge is 0.212 e. The summed E-state index contributed by atoms with van der Waals surface area (Å²) in [4.78, 5) is 12.2. The topological polar surface area (TPSA) is 47.8 Å². The zero-order valence-corrected chi connectivity index (χ0v) is 9.56. The Morgan fingerprint density at radius 1 is 1.31 bits per heavy atom. The maximum atomic E-state index is 12.2. The van der Waals surface area contributed by atoms with Crippen LogP contribution in [0.4, 0.5) is 0 Å². The molecule has 4 heteroatoms. The minimum Gasteiger partial charge on any atom is -0.287 e. The first-order valence-electron chi connectivity index (χ1n) is 5.06. The Labute approximate surface area is 93.9 Å². The fourth-order valence-corrected chi connectivity index (χ4v) is 1.70. The molecule has 0 bridgehead atoms. The second-order valence-corrected chi connectivity index (χ2v) is 3.89. The van der Waals surface area contributed by atoms with Gasteiger partial charge in [0.15, 0.2) is 0 Å². The maximum absolute atomic E-state index is 12.2. The summed E-state index contributed by atoms with van der Waals surface area (Å²) in [6, 6.07) is 5.78. The first-order chi connectivity index (χ1) is 7.59. The van der Waals surface area contributed by atoms with Crippen LogP contribution in [0.25, 0.3) is 0 Å². The number of ketones is 1. The van der Waals surface area contributed by atoms with E-state index < -0.39 is 0 Å². The third kappa shape index (κ3) is 1.74. The minimum atomic E-state index is -0.0370. The number of hydrogen-bond donors (Lipinski definition) is 0. The van der Waals surface area contributed by atoms with Crippen molar-refractivity contribution < 1.29 is 4.79 Å². The van der Waals surface area contributed by atoms with Gasteiger partial charge < -0.3 is 0 Å². The van der Waals surface area contributed by atoms with Crippen molar-refractivity contribution in [3.8, 4) is 0 Å². The predicted octanol–water partition coefficient (Wildman–Crippen LogP) is 1.66. The van der Waals surface area contributed by atoms with Gasteiger partial charge in [-0.05, 0) is 19.4 Å². The normalized spacial score (nSPS) is 10.4. The maximum Gasteiger partial charge on any atom is 0.212 e. The van der Waals surface area contributed by atoms with Crippen LogP contribution in [0, 0.1) is 13.8 Å². The van der Waals surface area contributed by atoms with E-state index in [4.69, 9.17) is 0 Å². The zero-order valence-electron chi connectivity index (χ0n) is 9.56. The van der Waals surface area contributed by atoms with Crippen molar-refractivity contribution in [1.29, 1.82) is 0 Å². The molecule has 0 saturated carbocycles. The Bertz CT molecular complexity index is 543. The highest BCUT2D eigenvalue weighted by Gasteiger charge is 2.15. The molecule has 0 atom stereocenters. The van der Waals surface area contributed by atoms with Gasteiger partial charge >= 0.3 is 0 Å². The molecule has 0 amide bonds. The van der Waals surface area contributed by atoms with Crippen molar-refractivity contribution >= 4 is 5.78 Å². The predicted molar refractivity (Wildman–Crippen MR) is 60.4 cm³/mol. The summed E-state index contributed by atoms with van der Waals surface area (Å²) in [6.07, 6.45) is 1.49. The number of carbonyl (C=O) groups excluding carboxylic acids is 1. The Morgan fingerprint density at radius 2 is 2.06 bits per heavy atom. The van der Waals surface area contributed by atoms with Crippen LogP contribution in [-0.4, -0.2) is 20.8 Å². The molecule has 1 aromatic heterocycles. The molecule has 0 unspecified atom stereocenters. The lowest BCUT2D eigenvalue weighted by Gasteiger charge is -2.05. The van der Waals surface area contributed by atoms with Crippen molar-refractivity contribution in [2.24, 2.45) is 7.05 Å². The molecular formula is C12H13N3O. The second-order valence-electron chi connectivity index (χ2n) is 3.89. The molecule has 2 aromatic rings. The molecule has 4 nitrogen and oxygen atoms in total. The summed E-state index contributed by atoms with van der Waals surface area (Å²) in [6.45, 7) is 3.94. The summed E-state index contributed by atoms with van der Waals surface area (Å²) in [7, 11) is 1.71. The van der Waals surface area contributed by atoms with Gasteiger partial charge in [-0.3, -0.25) is 4.79 Å². The molecule has 0 aliphatic rings. The van der Waals surface area contributed by atoms with E-state index in [1.807, 2.05) is 32.0 Å². The number of aryl methyl sites for hydroxylation is 3. The van der Waals surface area contributed by atoms with Crippen LogP contribution in [0.1, 0.15) is 27.2 Å². The summed E-state index contributed by atoms with van der Waals surface area (Å²) >= 11 is 0. The summed E-state index contributed by atoms with van der Waals surface area (Å²) in [5.41, 5.74) is 3.34.